The number of fused-ring (bicyclic) bond motifs is 1. The fourth-order valence-electron chi connectivity index (χ4n) is 4.19. The first-order chi connectivity index (χ1) is 17.5. The molecule has 0 saturated carbocycles. The normalized spacial score (nSPS) is 17.6. The molecule has 3 aromatic carbocycles. The summed E-state index contributed by atoms with van der Waals surface area (Å²) in [5, 5.41) is -1.41. The zero-order valence-electron chi connectivity index (χ0n) is 19.9. The van der Waals surface area contributed by atoms with Gasteiger partial charge < -0.3 is 14.5 Å². The van der Waals surface area contributed by atoms with Crippen molar-refractivity contribution >= 4 is 37.0 Å². The molecule has 9 nitrogen and oxygen atoms in total. The van der Waals surface area contributed by atoms with Crippen LogP contribution < -0.4 is 34.3 Å². The molecule has 14 heteroatoms. The predicted molar refractivity (Wildman–Crippen MR) is 130 cm³/mol. The zero-order chi connectivity index (χ0) is 26.4. The van der Waals surface area contributed by atoms with Crippen molar-refractivity contribution in [1.29, 1.82) is 0 Å². The number of amides is 1. The van der Waals surface area contributed by atoms with E-state index in [-0.39, 0.29) is 52.3 Å². The standard InChI is InChI=1S/C24H20F2N4O5S2.Na/c25-15-4-3-5-16(12-15)36(32,33)29-21(24-27-19-6-1-2-7-20(19)28-24)11-14-8-9-17(18(26)10-14)22-13-23(31)30-37(22,34)35;/h1-10,12,21-22,29H,11,13H2,(H2,27,28,30,31);/q;+1/p-1/t21-,22-;/m0./s1. The molecule has 1 aliphatic heterocycles. The zero-order valence-corrected chi connectivity index (χ0v) is 23.6. The summed E-state index contributed by atoms with van der Waals surface area (Å²) in [6, 6.07) is 14.3. The summed E-state index contributed by atoms with van der Waals surface area (Å²) in [6.45, 7) is 0. The van der Waals surface area contributed by atoms with Crippen molar-refractivity contribution in [1.82, 2.24) is 14.7 Å². The number of aromatic nitrogens is 2. The van der Waals surface area contributed by atoms with Gasteiger partial charge >= 0.3 is 29.6 Å². The Hall–Kier alpha value is -2.68. The van der Waals surface area contributed by atoms with E-state index >= 15 is 4.39 Å². The minimum Gasteiger partial charge on any atom is -0.545 e. The van der Waals surface area contributed by atoms with Crippen molar-refractivity contribution in [3.8, 4) is 0 Å². The van der Waals surface area contributed by atoms with Crippen molar-refractivity contribution in [2.24, 2.45) is 0 Å². The summed E-state index contributed by atoms with van der Waals surface area (Å²) in [6.07, 6.45) is -0.528. The molecule has 0 aliphatic carbocycles. The third-order valence-corrected chi connectivity index (χ3v) is 9.01. The van der Waals surface area contributed by atoms with Crippen LogP contribution in [-0.2, 0) is 31.3 Å². The van der Waals surface area contributed by atoms with Crippen LogP contribution in [0.3, 0.4) is 0 Å². The fourth-order valence-corrected chi connectivity index (χ4v) is 6.77. The Morgan fingerprint density at radius 2 is 1.84 bits per heavy atom. The number of hydrogen-bond donors (Lipinski definition) is 2. The minimum absolute atomic E-state index is 0. The first-order valence-corrected chi connectivity index (χ1v) is 14.0. The number of aromatic amines is 1. The number of H-pyrrole nitrogens is 1. The second-order valence-corrected chi connectivity index (χ2v) is 12.0. The largest absolute Gasteiger partial charge is 1.00 e. The summed E-state index contributed by atoms with van der Waals surface area (Å²) in [5.41, 5.74) is 1.36. The number of nitrogens with one attached hydrogen (secondary N) is 2. The molecule has 4 aromatic rings. The molecule has 2 N–H and O–H groups in total. The number of hydrogen-bond acceptors (Lipinski definition) is 6. The summed E-state index contributed by atoms with van der Waals surface area (Å²) in [7, 11) is -8.38. The van der Waals surface area contributed by atoms with Crippen molar-refractivity contribution in [2.45, 2.75) is 29.0 Å². The molecule has 1 amide bonds. The van der Waals surface area contributed by atoms with Gasteiger partial charge in [-0.25, -0.2) is 35.3 Å². The van der Waals surface area contributed by atoms with Crippen LogP contribution in [0, 0.1) is 11.6 Å². The summed E-state index contributed by atoms with van der Waals surface area (Å²) < 4.78 is 84.7. The molecule has 0 spiro atoms. The maximum absolute atomic E-state index is 15.0. The smallest absolute Gasteiger partial charge is 0.545 e. The van der Waals surface area contributed by atoms with Gasteiger partial charge in [-0.15, -0.1) is 0 Å². The second-order valence-electron chi connectivity index (χ2n) is 8.52. The Kier molecular flexibility index (Phi) is 8.07. The third-order valence-electron chi connectivity index (χ3n) is 5.94. The average molecular weight is 569 g/mol. The predicted octanol–water partition coefficient (Wildman–Crippen LogP) is 0.782. The SMILES string of the molecule is O=C1C[C@@H](c2ccc(C[C@H](NS(=O)(=O)c3cccc(F)c3)c3nc4ccccc4[nH]3)cc2F)S(=O)(=O)[N-]1.[Na+]. The average Bonchev–Trinajstić information content (AvgIpc) is 3.38. The number of para-hydroxylation sites is 2. The number of imidazole rings is 1. The summed E-state index contributed by atoms with van der Waals surface area (Å²) >= 11 is 0. The minimum atomic E-state index is -4.21. The molecule has 1 aromatic heterocycles. The molecular formula is C24H19F2N4NaO5S2. The Morgan fingerprint density at radius 3 is 2.50 bits per heavy atom. The number of benzene rings is 3. The number of carbonyl (C=O) groups excluding carboxylic acids is 1. The maximum atomic E-state index is 15.0. The van der Waals surface area contributed by atoms with Crippen LogP contribution in [-0.4, -0.2) is 32.7 Å². The van der Waals surface area contributed by atoms with E-state index in [1.165, 1.54) is 24.3 Å². The van der Waals surface area contributed by atoms with Crippen LogP contribution in [0.15, 0.2) is 71.6 Å². The monoisotopic (exact) mass is 568 g/mol. The van der Waals surface area contributed by atoms with Gasteiger partial charge in [-0.1, -0.05) is 30.3 Å². The van der Waals surface area contributed by atoms with Crippen LogP contribution >= 0.6 is 0 Å². The van der Waals surface area contributed by atoms with E-state index in [0.29, 0.717) is 16.6 Å². The second kappa shape index (κ2) is 10.8. The molecule has 0 bridgehead atoms. The van der Waals surface area contributed by atoms with Crippen LogP contribution in [0.25, 0.3) is 15.8 Å². The van der Waals surface area contributed by atoms with Gasteiger partial charge in [0, 0.05) is 12.0 Å². The number of halogens is 2. The van der Waals surface area contributed by atoms with E-state index < -0.39 is 55.3 Å². The molecule has 192 valence electrons. The van der Waals surface area contributed by atoms with E-state index in [0.717, 1.165) is 18.2 Å². The number of carbonyl (C=O) groups is 1. The first-order valence-electron chi connectivity index (χ1n) is 11.0. The molecule has 0 unspecified atom stereocenters. The van der Waals surface area contributed by atoms with Crippen LogP contribution in [0.2, 0.25) is 0 Å². The van der Waals surface area contributed by atoms with E-state index in [2.05, 4.69) is 19.4 Å². The third kappa shape index (κ3) is 5.82. The van der Waals surface area contributed by atoms with Gasteiger partial charge in [0.25, 0.3) is 0 Å². The molecule has 2 atom stereocenters. The van der Waals surface area contributed by atoms with Crippen LogP contribution in [0.5, 0.6) is 0 Å². The van der Waals surface area contributed by atoms with Gasteiger partial charge in [0.1, 0.15) is 27.5 Å². The molecule has 1 aliphatic rings. The summed E-state index contributed by atoms with van der Waals surface area (Å²) in [4.78, 5) is 18.7. The number of rotatable bonds is 7. The van der Waals surface area contributed by atoms with Crippen LogP contribution in [0.4, 0.5) is 8.78 Å². The van der Waals surface area contributed by atoms with Crippen molar-refractivity contribution in [3.05, 3.63) is 100 Å². The van der Waals surface area contributed by atoms with Gasteiger partial charge in [-0.2, -0.15) is 0 Å². The Morgan fingerprint density at radius 1 is 1.08 bits per heavy atom. The summed E-state index contributed by atoms with van der Waals surface area (Å²) in [5.74, 6) is -2.20. The quantitative estimate of drug-likeness (QED) is 0.316. The van der Waals surface area contributed by atoms with Crippen molar-refractivity contribution in [3.63, 3.8) is 0 Å². The van der Waals surface area contributed by atoms with E-state index in [1.807, 2.05) is 0 Å². The molecule has 1 fully saturated rings. The van der Waals surface area contributed by atoms with Crippen molar-refractivity contribution in [2.75, 3.05) is 0 Å². The molecule has 38 heavy (non-hydrogen) atoms. The van der Waals surface area contributed by atoms with Gasteiger partial charge in [0.05, 0.1) is 33.1 Å². The number of sulfonamides is 2. The van der Waals surface area contributed by atoms with Gasteiger partial charge in [-0.3, -0.25) is 0 Å². The van der Waals surface area contributed by atoms with E-state index in [4.69, 9.17) is 0 Å². The van der Waals surface area contributed by atoms with Gasteiger partial charge in [-0.05, 0) is 48.4 Å². The Balaban J connectivity index is 0.00000336. The van der Waals surface area contributed by atoms with E-state index in [1.54, 1.807) is 24.3 Å². The van der Waals surface area contributed by atoms with Crippen molar-refractivity contribution < 1.29 is 60.0 Å². The van der Waals surface area contributed by atoms with Gasteiger partial charge in [0.2, 0.25) is 10.0 Å². The fraction of sp³-hybridized carbons (Fsp3) is 0.167. The number of nitrogens with zero attached hydrogens (tertiary/aromatic N) is 2. The molecular weight excluding hydrogens is 549 g/mol. The molecule has 0 radical (unpaired) electrons. The van der Waals surface area contributed by atoms with Crippen LogP contribution in [0.1, 0.15) is 34.7 Å². The molecule has 1 saturated heterocycles. The van der Waals surface area contributed by atoms with Gasteiger partial charge in [0.15, 0.2) is 0 Å². The topological polar surface area (TPSA) is 140 Å². The molecule has 5 rings (SSSR count). The Labute approximate surface area is 239 Å². The maximum Gasteiger partial charge on any atom is 1.00 e. The Bertz CT molecular complexity index is 1710. The van der Waals surface area contributed by atoms with E-state index in [9.17, 15) is 26.0 Å². The molecule has 2 heterocycles. The first kappa shape index (κ1) is 28.3.